The summed E-state index contributed by atoms with van der Waals surface area (Å²) in [5.41, 5.74) is 0.442. The van der Waals surface area contributed by atoms with Gasteiger partial charge in [-0.25, -0.2) is 0 Å². The van der Waals surface area contributed by atoms with Gasteiger partial charge in [-0.3, -0.25) is 9.69 Å². The summed E-state index contributed by atoms with van der Waals surface area (Å²) in [7, 11) is 1.84. The van der Waals surface area contributed by atoms with E-state index in [4.69, 9.17) is 21.4 Å². The summed E-state index contributed by atoms with van der Waals surface area (Å²) in [6.45, 7) is 1.03. The Bertz CT molecular complexity index is 340. The third kappa shape index (κ3) is 4.18. The maximum absolute atomic E-state index is 10.8. The smallest absolute Gasteiger partial charge is 0.252 e. The highest BCUT2D eigenvalue weighted by Gasteiger charge is 2.02. The lowest BCUT2D eigenvalue weighted by molar-refractivity contribution is 0.108. The average Bonchev–Trinajstić information content (AvgIpc) is 2.27. The topological polar surface area (TPSA) is 49.8 Å². The Kier molecular flexibility index (Phi) is 5.25. The summed E-state index contributed by atoms with van der Waals surface area (Å²) in [6, 6.07) is 6.58. The van der Waals surface area contributed by atoms with Crippen LogP contribution in [0.2, 0.25) is 0 Å². The van der Waals surface area contributed by atoms with Gasteiger partial charge in [-0.15, -0.1) is 0 Å². The van der Waals surface area contributed by atoms with Gasteiger partial charge in [-0.1, -0.05) is 0 Å². The Morgan fingerprint density at radius 2 is 2.06 bits per heavy atom. The van der Waals surface area contributed by atoms with Crippen LogP contribution in [-0.2, 0) is 0 Å². The van der Waals surface area contributed by atoms with Gasteiger partial charge in [-0.05, 0) is 42.9 Å². The largest absolute Gasteiger partial charge is 0.478 e. The number of benzene rings is 1. The first-order valence-corrected chi connectivity index (χ1v) is 5.23. The van der Waals surface area contributed by atoms with Crippen LogP contribution in [0.25, 0.3) is 0 Å². The molecule has 1 aromatic rings. The Morgan fingerprint density at radius 3 is 2.56 bits per heavy atom. The van der Waals surface area contributed by atoms with Crippen molar-refractivity contribution in [2.24, 2.45) is 0 Å². The van der Waals surface area contributed by atoms with Crippen molar-refractivity contribution in [1.29, 1.82) is 0 Å². The maximum atomic E-state index is 10.8. The van der Waals surface area contributed by atoms with Crippen molar-refractivity contribution in [2.75, 3.05) is 26.9 Å². The lowest BCUT2D eigenvalue weighted by atomic mass is 10.2. The molecule has 0 unspecified atom stereocenters. The van der Waals surface area contributed by atoms with E-state index < -0.39 is 5.24 Å². The number of carbonyl (C=O) groups is 1. The fourth-order valence-electron chi connectivity index (χ4n) is 1.10. The molecule has 0 spiro atoms. The van der Waals surface area contributed by atoms with Gasteiger partial charge in [0.2, 0.25) is 0 Å². The van der Waals surface area contributed by atoms with E-state index in [1.165, 1.54) is 0 Å². The molecular weight excluding hydrogens is 230 g/mol. The van der Waals surface area contributed by atoms with Crippen molar-refractivity contribution >= 4 is 16.8 Å². The molecule has 0 bridgehead atoms. The number of ether oxygens (including phenoxy) is 1. The molecule has 4 nitrogen and oxygen atoms in total. The number of halogens is 1. The van der Waals surface area contributed by atoms with Crippen LogP contribution in [0.5, 0.6) is 5.75 Å². The summed E-state index contributed by atoms with van der Waals surface area (Å²) in [4.78, 5) is 12.6. The molecule has 0 amide bonds. The van der Waals surface area contributed by atoms with E-state index in [2.05, 4.69) is 0 Å². The fraction of sp³-hybridized carbons (Fsp3) is 0.364. The number of hydrogen-bond acceptors (Lipinski definition) is 4. The third-order valence-electron chi connectivity index (χ3n) is 2.01. The Hall–Kier alpha value is -1.10. The standard InChI is InChI=1S/C11H14ClNO3/c1-13(6-7-14)8-16-10-4-2-9(3-5-10)11(12)15/h2-5,14H,6-8H2,1H3. The van der Waals surface area contributed by atoms with Crippen LogP contribution in [0.3, 0.4) is 0 Å². The van der Waals surface area contributed by atoms with Crippen LogP contribution in [0.4, 0.5) is 0 Å². The number of hydrogen-bond donors (Lipinski definition) is 1. The molecule has 0 atom stereocenters. The van der Waals surface area contributed by atoms with Crippen molar-refractivity contribution in [3.8, 4) is 5.75 Å². The predicted molar refractivity (Wildman–Crippen MR) is 61.8 cm³/mol. The molecule has 1 N–H and O–H groups in total. The van der Waals surface area contributed by atoms with Gasteiger partial charge in [0.05, 0.1) is 6.61 Å². The van der Waals surface area contributed by atoms with Crippen LogP contribution in [0.1, 0.15) is 10.4 Å². The summed E-state index contributed by atoms with van der Waals surface area (Å²) in [6.07, 6.45) is 0. The zero-order valence-corrected chi connectivity index (χ0v) is 9.78. The maximum Gasteiger partial charge on any atom is 0.252 e. The van der Waals surface area contributed by atoms with Crippen LogP contribution >= 0.6 is 11.6 Å². The zero-order valence-electron chi connectivity index (χ0n) is 9.02. The van der Waals surface area contributed by atoms with Gasteiger partial charge in [-0.2, -0.15) is 0 Å². The van der Waals surface area contributed by atoms with E-state index in [9.17, 15) is 4.79 Å². The predicted octanol–water partition coefficient (Wildman–Crippen LogP) is 1.33. The number of aliphatic hydroxyl groups excluding tert-OH is 1. The second-order valence-electron chi connectivity index (χ2n) is 3.37. The number of carbonyl (C=O) groups excluding carboxylic acids is 1. The summed E-state index contributed by atoms with van der Waals surface area (Å²) < 4.78 is 5.42. The quantitative estimate of drug-likeness (QED) is 0.605. The van der Waals surface area contributed by atoms with Crippen LogP contribution in [0.15, 0.2) is 24.3 Å². The normalized spacial score (nSPS) is 10.5. The van der Waals surface area contributed by atoms with Gasteiger partial charge in [0, 0.05) is 12.1 Å². The molecule has 88 valence electrons. The Balaban J connectivity index is 2.46. The minimum Gasteiger partial charge on any atom is -0.478 e. The lowest BCUT2D eigenvalue weighted by Crippen LogP contribution is -2.26. The molecule has 0 saturated carbocycles. The van der Waals surface area contributed by atoms with E-state index in [0.29, 0.717) is 24.6 Å². The molecule has 0 aromatic heterocycles. The molecule has 1 aromatic carbocycles. The van der Waals surface area contributed by atoms with Crippen LogP contribution in [0, 0.1) is 0 Å². The highest BCUT2D eigenvalue weighted by atomic mass is 35.5. The van der Waals surface area contributed by atoms with Crippen LogP contribution in [-0.4, -0.2) is 42.2 Å². The minimum atomic E-state index is -0.482. The number of aliphatic hydroxyl groups is 1. The van der Waals surface area contributed by atoms with Gasteiger partial charge >= 0.3 is 0 Å². The van der Waals surface area contributed by atoms with E-state index in [1.807, 2.05) is 11.9 Å². The summed E-state index contributed by atoms with van der Waals surface area (Å²) in [5.74, 6) is 0.659. The first-order valence-electron chi connectivity index (χ1n) is 4.85. The zero-order chi connectivity index (χ0) is 12.0. The SMILES string of the molecule is CN(CCO)COc1ccc(C(=O)Cl)cc1. The molecule has 0 fully saturated rings. The van der Waals surface area contributed by atoms with Gasteiger partial charge in [0.15, 0.2) is 0 Å². The molecule has 0 aliphatic heterocycles. The molecule has 0 aliphatic rings. The molecule has 5 heteroatoms. The third-order valence-corrected chi connectivity index (χ3v) is 2.23. The molecular formula is C11H14ClNO3. The van der Waals surface area contributed by atoms with Crippen molar-refractivity contribution in [3.05, 3.63) is 29.8 Å². The highest BCUT2D eigenvalue weighted by Crippen LogP contribution is 2.13. The van der Waals surface area contributed by atoms with Crippen molar-refractivity contribution < 1.29 is 14.6 Å². The first-order chi connectivity index (χ1) is 7.63. The number of rotatable bonds is 6. The molecule has 0 saturated heterocycles. The minimum absolute atomic E-state index is 0.0968. The molecule has 0 heterocycles. The second-order valence-corrected chi connectivity index (χ2v) is 3.72. The molecule has 0 radical (unpaired) electrons. The van der Waals surface area contributed by atoms with E-state index in [1.54, 1.807) is 24.3 Å². The monoisotopic (exact) mass is 243 g/mol. The molecule has 0 aliphatic carbocycles. The summed E-state index contributed by atoms with van der Waals surface area (Å²) >= 11 is 5.31. The number of likely N-dealkylation sites (N-methyl/N-ethyl adjacent to an activating group) is 1. The molecule has 16 heavy (non-hydrogen) atoms. The van der Waals surface area contributed by atoms with Gasteiger partial charge in [0.25, 0.3) is 5.24 Å². The Labute approximate surface area is 99.4 Å². The van der Waals surface area contributed by atoms with Gasteiger partial charge in [0.1, 0.15) is 12.5 Å². The average molecular weight is 244 g/mol. The lowest BCUT2D eigenvalue weighted by Gasteiger charge is -2.15. The molecule has 1 rings (SSSR count). The van der Waals surface area contributed by atoms with E-state index >= 15 is 0 Å². The van der Waals surface area contributed by atoms with Crippen molar-refractivity contribution in [1.82, 2.24) is 4.90 Å². The van der Waals surface area contributed by atoms with E-state index in [0.717, 1.165) is 0 Å². The second kappa shape index (κ2) is 6.48. The fourth-order valence-corrected chi connectivity index (χ4v) is 1.23. The van der Waals surface area contributed by atoms with Crippen molar-refractivity contribution in [2.45, 2.75) is 0 Å². The van der Waals surface area contributed by atoms with Gasteiger partial charge < -0.3 is 9.84 Å². The first kappa shape index (κ1) is 13.0. The Morgan fingerprint density at radius 1 is 1.44 bits per heavy atom. The van der Waals surface area contributed by atoms with Crippen molar-refractivity contribution in [3.63, 3.8) is 0 Å². The van der Waals surface area contributed by atoms with E-state index in [-0.39, 0.29) is 6.61 Å². The highest BCUT2D eigenvalue weighted by molar-refractivity contribution is 6.67. The summed E-state index contributed by atoms with van der Waals surface area (Å²) in [5, 5.41) is 8.20. The number of nitrogens with zero attached hydrogens (tertiary/aromatic N) is 1. The van der Waals surface area contributed by atoms with Crippen LogP contribution < -0.4 is 4.74 Å².